The standard InChI is InChI=1S/C23H34N4O3S.HI/c1-3-24-23(25-16-18-8-9-20(30-13-12-28)21(15-18)29-2)26-17-19(22-7-6-14-31-22)27-10-4-5-11-27;/h6-9,14-15,19,28H,3-5,10-13,16-17H2,1-2H3,(H2,24,25,26);1H. The Labute approximate surface area is 212 Å². The Morgan fingerprint density at radius 2 is 2.03 bits per heavy atom. The highest BCUT2D eigenvalue weighted by molar-refractivity contribution is 14.0. The average Bonchev–Trinajstić information content (AvgIpc) is 3.51. The van der Waals surface area contributed by atoms with Gasteiger partial charge < -0.3 is 25.2 Å². The second-order valence-corrected chi connectivity index (χ2v) is 8.39. The van der Waals surface area contributed by atoms with E-state index in [4.69, 9.17) is 19.6 Å². The SMILES string of the molecule is CCNC(=NCc1ccc(OCCO)c(OC)c1)NCC(c1cccs1)N1CCCC1.I. The summed E-state index contributed by atoms with van der Waals surface area (Å²) >= 11 is 1.82. The Hall–Kier alpha value is -1.56. The van der Waals surface area contributed by atoms with Gasteiger partial charge in [0.05, 0.1) is 26.3 Å². The lowest BCUT2D eigenvalue weighted by Crippen LogP contribution is -2.42. The number of hydrogen-bond donors (Lipinski definition) is 3. The first-order chi connectivity index (χ1) is 15.2. The quantitative estimate of drug-likeness (QED) is 0.216. The molecule has 178 valence electrons. The van der Waals surface area contributed by atoms with Crippen LogP contribution >= 0.6 is 35.3 Å². The number of methoxy groups -OCH3 is 1. The lowest BCUT2D eigenvalue weighted by molar-refractivity contribution is 0.196. The number of likely N-dealkylation sites (tertiary alicyclic amines) is 1. The van der Waals surface area contributed by atoms with Gasteiger partial charge in [0.1, 0.15) is 6.61 Å². The maximum absolute atomic E-state index is 8.96. The van der Waals surface area contributed by atoms with Crippen molar-refractivity contribution in [2.45, 2.75) is 32.4 Å². The van der Waals surface area contributed by atoms with E-state index in [1.54, 1.807) is 7.11 Å². The third-order valence-corrected chi connectivity index (χ3v) is 6.23. The zero-order valence-corrected chi connectivity index (χ0v) is 22.0. The fourth-order valence-electron chi connectivity index (χ4n) is 3.73. The molecule has 3 N–H and O–H groups in total. The van der Waals surface area contributed by atoms with Crippen LogP contribution in [0.2, 0.25) is 0 Å². The minimum atomic E-state index is -0.0309. The summed E-state index contributed by atoms with van der Waals surface area (Å²) in [5.41, 5.74) is 1.03. The van der Waals surface area contributed by atoms with Gasteiger partial charge in [0.15, 0.2) is 17.5 Å². The Morgan fingerprint density at radius 1 is 1.22 bits per heavy atom. The number of rotatable bonds is 11. The molecule has 9 heteroatoms. The van der Waals surface area contributed by atoms with Crippen molar-refractivity contribution in [3.05, 3.63) is 46.2 Å². The largest absolute Gasteiger partial charge is 0.493 e. The predicted octanol–water partition coefficient (Wildman–Crippen LogP) is 3.64. The number of nitrogens with one attached hydrogen (secondary N) is 2. The van der Waals surface area contributed by atoms with Gasteiger partial charge in [0, 0.05) is 18.0 Å². The number of halogens is 1. The second-order valence-electron chi connectivity index (χ2n) is 7.41. The van der Waals surface area contributed by atoms with Crippen molar-refractivity contribution < 1.29 is 14.6 Å². The summed E-state index contributed by atoms with van der Waals surface area (Å²) < 4.78 is 10.9. The molecule has 32 heavy (non-hydrogen) atoms. The third kappa shape index (κ3) is 7.79. The van der Waals surface area contributed by atoms with Crippen molar-refractivity contribution in [2.75, 3.05) is 46.5 Å². The van der Waals surface area contributed by atoms with Gasteiger partial charge in [-0.25, -0.2) is 4.99 Å². The summed E-state index contributed by atoms with van der Waals surface area (Å²) in [4.78, 5) is 8.74. The summed E-state index contributed by atoms with van der Waals surface area (Å²) in [5, 5.41) is 18.0. The van der Waals surface area contributed by atoms with Gasteiger partial charge in [-0.1, -0.05) is 12.1 Å². The number of aliphatic imine (C=N–C) groups is 1. The Bertz CT molecular complexity index is 814. The van der Waals surface area contributed by atoms with Crippen molar-refractivity contribution in [2.24, 2.45) is 4.99 Å². The molecule has 1 fully saturated rings. The summed E-state index contributed by atoms with van der Waals surface area (Å²) in [6.45, 7) is 6.75. The van der Waals surface area contributed by atoms with Crippen molar-refractivity contribution in [3.63, 3.8) is 0 Å². The molecule has 1 saturated heterocycles. The lowest BCUT2D eigenvalue weighted by Gasteiger charge is -2.27. The molecular formula is C23H35IN4O3S. The fraction of sp³-hybridized carbons (Fsp3) is 0.522. The number of thiophene rings is 1. The second kappa shape index (κ2) is 14.6. The molecule has 7 nitrogen and oxygen atoms in total. The van der Waals surface area contributed by atoms with Crippen LogP contribution < -0.4 is 20.1 Å². The maximum atomic E-state index is 8.96. The smallest absolute Gasteiger partial charge is 0.191 e. The molecule has 2 aromatic rings. The topological polar surface area (TPSA) is 78.4 Å². The van der Waals surface area contributed by atoms with Crippen LogP contribution in [-0.2, 0) is 6.54 Å². The van der Waals surface area contributed by atoms with Gasteiger partial charge >= 0.3 is 0 Å². The Balaban J connectivity index is 0.00000363. The van der Waals surface area contributed by atoms with E-state index in [-0.39, 0.29) is 37.2 Å². The molecule has 1 aliphatic rings. The first-order valence-corrected chi connectivity index (χ1v) is 11.8. The van der Waals surface area contributed by atoms with E-state index in [2.05, 4.69) is 40.0 Å². The average molecular weight is 575 g/mol. The van der Waals surface area contributed by atoms with Gasteiger partial charge in [0.25, 0.3) is 0 Å². The van der Waals surface area contributed by atoms with Crippen molar-refractivity contribution in [1.82, 2.24) is 15.5 Å². The van der Waals surface area contributed by atoms with E-state index >= 15 is 0 Å². The fourth-order valence-corrected chi connectivity index (χ4v) is 4.60. The first-order valence-electron chi connectivity index (χ1n) is 10.9. The molecule has 0 radical (unpaired) electrons. The van der Waals surface area contributed by atoms with Crippen LogP contribution in [0.15, 0.2) is 40.7 Å². The monoisotopic (exact) mass is 574 g/mol. The van der Waals surface area contributed by atoms with E-state index < -0.39 is 0 Å². The van der Waals surface area contributed by atoms with Crippen LogP contribution in [0.3, 0.4) is 0 Å². The van der Waals surface area contributed by atoms with Crippen LogP contribution in [0.4, 0.5) is 0 Å². The zero-order valence-electron chi connectivity index (χ0n) is 18.9. The molecule has 1 aliphatic heterocycles. The van der Waals surface area contributed by atoms with E-state index in [1.165, 1.54) is 17.7 Å². The molecule has 0 spiro atoms. The number of aliphatic hydroxyl groups excluding tert-OH is 1. The molecule has 2 heterocycles. The van der Waals surface area contributed by atoms with Crippen LogP contribution in [-0.4, -0.2) is 62.5 Å². The summed E-state index contributed by atoms with van der Waals surface area (Å²) in [7, 11) is 1.61. The summed E-state index contributed by atoms with van der Waals surface area (Å²) in [6.07, 6.45) is 2.55. The van der Waals surface area contributed by atoms with Gasteiger partial charge in [-0.05, 0) is 62.0 Å². The van der Waals surface area contributed by atoms with Crippen LogP contribution in [0.5, 0.6) is 11.5 Å². The molecule has 1 unspecified atom stereocenters. The predicted molar refractivity (Wildman–Crippen MR) is 142 cm³/mol. The third-order valence-electron chi connectivity index (χ3n) is 5.26. The first kappa shape index (κ1) is 26.7. The highest BCUT2D eigenvalue weighted by Crippen LogP contribution is 2.29. The molecule has 0 aliphatic carbocycles. The van der Waals surface area contributed by atoms with Gasteiger partial charge in [-0.2, -0.15) is 0 Å². The summed E-state index contributed by atoms with van der Waals surface area (Å²) in [6, 6.07) is 10.5. The number of ether oxygens (including phenoxy) is 2. The highest BCUT2D eigenvalue weighted by Gasteiger charge is 2.24. The molecule has 3 rings (SSSR count). The van der Waals surface area contributed by atoms with Crippen LogP contribution in [0.1, 0.15) is 36.2 Å². The van der Waals surface area contributed by atoms with Gasteiger partial charge in [-0.15, -0.1) is 35.3 Å². The number of guanidine groups is 1. The number of aliphatic hydroxyl groups is 1. The molecule has 0 saturated carbocycles. The highest BCUT2D eigenvalue weighted by atomic mass is 127. The normalized spacial score (nSPS) is 15.2. The minimum Gasteiger partial charge on any atom is -0.493 e. The summed E-state index contributed by atoms with van der Waals surface area (Å²) in [5.74, 6) is 2.08. The maximum Gasteiger partial charge on any atom is 0.191 e. The van der Waals surface area contributed by atoms with Crippen LogP contribution in [0, 0.1) is 0 Å². The van der Waals surface area contributed by atoms with Crippen molar-refractivity contribution in [3.8, 4) is 11.5 Å². The Morgan fingerprint density at radius 3 is 2.69 bits per heavy atom. The number of hydrogen-bond acceptors (Lipinski definition) is 6. The lowest BCUT2D eigenvalue weighted by atomic mass is 10.2. The Kier molecular flexibility index (Phi) is 12.1. The van der Waals surface area contributed by atoms with E-state index in [0.29, 0.717) is 24.1 Å². The molecule has 1 aromatic carbocycles. The van der Waals surface area contributed by atoms with Crippen LogP contribution in [0.25, 0.3) is 0 Å². The van der Waals surface area contributed by atoms with E-state index in [9.17, 15) is 0 Å². The van der Waals surface area contributed by atoms with Crippen molar-refractivity contribution >= 4 is 41.3 Å². The van der Waals surface area contributed by atoms with E-state index in [0.717, 1.165) is 37.7 Å². The number of benzene rings is 1. The minimum absolute atomic E-state index is 0. The number of nitrogens with zero attached hydrogens (tertiary/aromatic N) is 2. The van der Waals surface area contributed by atoms with E-state index in [1.807, 2.05) is 29.5 Å². The van der Waals surface area contributed by atoms with Crippen molar-refractivity contribution in [1.29, 1.82) is 0 Å². The molecule has 0 amide bonds. The molecule has 1 atom stereocenters. The zero-order chi connectivity index (χ0) is 21.9. The van der Waals surface area contributed by atoms with Gasteiger partial charge in [0.2, 0.25) is 0 Å². The van der Waals surface area contributed by atoms with Gasteiger partial charge in [-0.3, -0.25) is 4.90 Å². The molecule has 1 aromatic heterocycles. The molecule has 0 bridgehead atoms. The molecular weight excluding hydrogens is 539 g/mol.